The molecule has 1 aliphatic heterocycles. The number of nitrogens with zero attached hydrogens (tertiary/aromatic N) is 1. The lowest BCUT2D eigenvalue weighted by Crippen LogP contribution is -2.37. The summed E-state index contributed by atoms with van der Waals surface area (Å²) in [6, 6.07) is 15.7. The summed E-state index contributed by atoms with van der Waals surface area (Å²) in [6.45, 7) is 0. The van der Waals surface area contributed by atoms with Crippen LogP contribution in [0.5, 0.6) is 0 Å². The van der Waals surface area contributed by atoms with E-state index >= 15 is 0 Å². The van der Waals surface area contributed by atoms with Gasteiger partial charge in [0.05, 0.1) is 0 Å². The zero-order valence-corrected chi connectivity index (χ0v) is 12.0. The molecule has 2 aromatic rings. The van der Waals surface area contributed by atoms with Crippen LogP contribution in [-0.2, 0) is 9.53 Å². The highest BCUT2D eigenvalue weighted by molar-refractivity contribution is 6.05. The van der Waals surface area contributed by atoms with Crippen LogP contribution in [0, 0.1) is 0 Å². The highest BCUT2D eigenvalue weighted by Crippen LogP contribution is 2.34. The fourth-order valence-electron chi connectivity index (χ4n) is 2.57. The number of amides is 2. The first-order chi connectivity index (χ1) is 11.1. The lowest BCUT2D eigenvalue weighted by molar-refractivity contribution is -0.146. The number of imide groups is 1. The fraction of sp³-hybridized carbons (Fsp3) is 0.118. The highest BCUT2D eigenvalue weighted by atomic mass is 16.6. The minimum atomic E-state index is -1.43. The maximum absolute atomic E-state index is 12.6. The number of carbonyl (C=O) groups is 3. The lowest BCUT2D eigenvalue weighted by atomic mass is 10.00. The monoisotopic (exact) mass is 311 g/mol. The van der Waals surface area contributed by atoms with E-state index < -0.39 is 30.1 Å². The van der Waals surface area contributed by atoms with Crippen molar-refractivity contribution >= 4 is 18.0 Å². The number of hydrogen-bond acceptors (Lipinski definition) is 4. The van der Waals surface area contributed by atoms with Gasteiger partial charge in [-0.3, -0.25) is 4.79 Å². The molecule has 0 unspecified atom stereocenters. The van der Waals surface area contributed by atoms with Gasteiger partial charge in [0.25, 0.3) is 5.91 Å². The molecule has 0 bridgehead atoms. The van der Waals surface area contributed by atoms with Crippen LogP contribution < -0.4 is 0 Å². The third-order valence-electron chi connectivity index (χ3n) is 3.61. The number of carboxylic acids is 1. The minimum Gasteiger partial charge on any atom is -0.478 e. The molecule has 1 saturated heterocycles. The second-order valence-corrected chi connectivity index (χ2v) is 5.04. The molecular formula is C17H13NO5. The van der Waals surface area contributed by atoms with Crippen molar-refractivity contribution in [1.82, 2.24) is 4.90 Å². The van der Waals surface area contributed by atoms with Crippen molar-refractivity contribution in [2.45, 2.75) is 12.1 Å². The maximum atomic E-state index is 12.6. The summed E-state index contributed by atoms with van der Waals surface area (Å²) in [7, 11) is 0. The molecule has 6 nitrogen and oxygen atoms in total. The molecule has 1 aliphatic rings. The van der Waals surface area contributed by atoms with E-state index in [4.69, 9.17) is 4.74 Å². The number of rotatable bonds is 3. The molecule has 0 radical (unpaired) electrons. The molecule has 6 heteroatoms. The quantitative estimate of drug-likeness (QED) is 0.941. The molecule has 0 spiro atoms. The van der Waals surface area contributed by atoms with Crippen molar-refractivity contribution in [2.24, 2.45) is 0 Å². The largest absolute Gasteiger partial charge is 0.478 e. The van der Waals surface area contributed by atoms with Gasteiger partial charge in [-0.2, -0.15) is 0 Å². The Balaban J connectivity index is 2.04. The van der Waals surface area contributed by atoms with Crippen molar-refractivity contribution in [2.75, 3.05) is 0 Å². The Bertz CT molecular complexity index is 744. The van der Waals surface area contributed by atoms with Gasteiger partial charge in [-0.1, -0.05) is 48.5 Å². The van der Waals surface area contributed by atoms with Crippen LogP contribution >= 0.6 is 0 Å². The molecule has 3 rings (SSSR count). The summed E-state index contributed by atoms with van der Waals surface area (Å²) >= 11 is 0. The zero-order chi connectivity index (χ0) is 16.4. The SMILES string of the molecule is O=C(O)[C@@H]1OC(=O)N(C(=O)c2ccccc2)[C@H]1c1ccccc1. The third-order valence-corrected chi connectivity index (χ3v) is 3.61. The van der Waals surface area contributed by atoms with Gasteiger partial charge in [-0.25, -0.2) is 14.5 Å². The first kappa shape index (κ1) is 14.8. The summed E-state index contributed by atoms with van der Waals surface area (Å²) in [4.78, 5) is 37.0. The number of carbonyl (C=O) groups excluding carboxylic acids is 2. The number of benzene rings is 2. The first-order valence-electron chi connectivity index (χ1n) is 6.96. The molecule has 23 heavy (non-hydrogen) atoms. The van der Waals surface area contributed by atoms with E-state index in [1.165, 1.54) is 0 Å². The Kier molecular flexibility index (Phi) is 3.80. The Morgan fingerprint density at radius 1 is 0.957 bits per heavy atom. The minimum absolute atomic E-state index is 0.288. The topological polar surface area (TPSA) is 83.9 Å². The van der Waals surface area contributed by atoms with E-state index in [-0.39, 0.29) is 5.56 Å². The summed E-state index contributed by atoms with van der Waals surface area (Å²) in [5.41, 5.74) is 0.812. The lowest BCUT2D eigenvalue weighted by Gasteiger charge is -2.22. The Labute approximate surface area is 131 Å². The summed E-state index contributed by atoms with van der Waals surface area (Å²) < 4.78 is 4.91. The number of ether oxygens (including phenoxy) is 1. The van der Waals surface area contributed by atoms with Gasteiger partial charge in [-0.15, -0.1) is 0 Å². The molecular weight excluding hydrogens is 298 g/mol. The van der Waals surface area contributed by atoms with E-state index in [2.05, 4.69) is 0 Å². The van der Waals surface area contributed by atoms with Gasteiger partial charge in [0.2, 0.25) is 6.10 Å². The van der Waals surface area contributed by atoms with Gasteiger partial charge < -0.3 is 9.84 Å². The van der Waals surface area contributed by atoms with Crippen molar-refractivity contribution in [3.63, 3.8) is 0 Å². The number of aliphatic carboxylic acids is 1. The number of carboxylic acid groups (broad SMARTS) is 1. The molecule has 2 aromatic carbocycles. The number of hydrogen-bond donors (Lipinski definition) is 1. The smallest absolute Gasteiger partial charge is 0.418 e. The molecule has 2 amide bonds. The first-order valence-corrected chi connectivity index (χ1v) is 6.96. The van der Waals surface area contributed by atoms with Gasteiger partial charge in [0.1, 0.15) is 6.04 Å². The summed E-state index contributed by atoms with van der Waals surface area (Å²) in [5, 5.41) is 9.32. The average Bonchev–Trinajstić information content (AvgIpc) is 2.93. The maximum Gasteiger partial charge on any atom is 0.418 e. The van der Waals surface area contributed by atoms with Crippen LogP contribution in [0.15, 0.2) is 60.7 Å². The van der Waals surface area contributed by atoms with Gasteiger partial charge in [0.15, 0.2) is 0 Å². The second-order valence-electron chi connectivity index (χ2n) is 5.04. The van der Waals surface area contributed by atoms with Crippen LogP contribution in [0.2, 0.25) is 0 Å². The van der Waals surface area contributed by atoms with Crippen LogP contribution in [0.3, 0.4) is 0 Å². The van der Waals surface area contributed by atoms with Crippen LogP contribution in [0.1, 0.15) is 22.0 Å². The van der Waals surface area contributed by atoms with E-state index in [0.717, 1.165) is 4.90 Å². The molecule has 0 aromatic heterocycles. The highest BCUT2D eigenvalue weighted by Gasteiger charge is 2.50. The Hall–Kier alpha value is -3.15. The normalized spacial score (nSPS) is 20.2. The van der Waals surface area contributed by atoms with E-state index in [9.17, 15) is 19.5 Å². The molecule has 0 saturated carbocycles. The predicted molar refractivity (Wildman–Crippen MR) is 79.7 cm³/mol. The van der Waals surface area contributed by atoms with E-state index in [0.29, 0.717) is 5.56 Å². The number of cyclic esters (lactones) is 1. The second kappa shape index (κ2) is 5.92. The molecule has 0 aliphatic carbocycles. The van der Waals surface area contributed by atoms with Gasteiger partial charge >= 0.3 is 12.1 Å². The van der Waals surface area contributed by atoms with Gasteiger partial charge in [-0.05, 0) is 17.7 Å². The van der Waals surface area contributed by atoms with Crippen molar-refractivity contribution in [3.8, 4) is 0 Å². The Morgan fingerprint density at radius 2 is 1.52 bits per heavy atom. The summed E-state index contributed by atoms with van der Waals surface area (Å²) in [6.07, 6.45) is -2.39. The van der Waals surface area contributed by atoms with Crippen molar-refractivity contribution in [1.29, 1.82) is 0 Å². The molecule has 1 fully saturated rings. The molecule has 1 N–H and O–H groups in total. The molecule has 2 atom stereocenters. The Morgan fingerprint density at radius 3 is 2.09 bits per heavy atom. The van der Waals surface area contributed by atoms with E-state index in [1.54, 1.807) is 60.7 Å². The molecule has 1 heterocycles. The van der Waals surface area contributed by atoms with Crippen LogP contribution in [-0.4, -0.2) is 34.1 Å². The van der Waals surface area contributed by atoms with Crippen molar-refractivity contribution < 1.29 is 24.2 Å². The fourth-order valence-corrected chi connectivity index (χ4v) is 2.57. The average molecular weight is 311 g/mol. The third kappa shape index (κ3) is 2.66. The molecule has 116 valence electrons. The predicted octanol–water partition coefficient (Wildman–Crippen LogP) is 2.47. The van der Waals surface area contributed by atoms with E-state index in [1.807, 2.05) is 0 Å². The van der Waals surface area contributed by atoms with Crippen molar-refractivity contribution in [3.05, 3.63) is 71.8 Å². The van der Waals surface area contributed by atoms with Crippen LogP contribution in [0.4, 0.5) is 4.79 Å². The standard InChI is InChI=1S/C17H13NO5/c19-15(12-9-5-2-6-10-12)18-13(11-7-3-1-4-8-11)14(16(20)21)23-17(18)22/h1-10,13-14H,(H,20,21)/t13-,14+/m0/s1. The summed E-state index contributed by atoms with van der Waals surface area (Å²) in [5.74, 6) is -1.89. The van der Waals surface area contributed by atoms with Gasteiger partial charge in [0, 0.05) is 5.56 Å². The van der Waals surface area contributed by atoms with Crippen LogP contribution in [0.25, 0.3) is 0 Å². The zero-order valence-electron chi connectivity index (χ0n) is 12.0.